The molecule has 1 aliphatic carbocycles. The third-order valence-electron chi connectivity index (χ3n) is 3.76. The van der Waals surface area contributed by atoms with Crippen molar-refractivity contribution in [3.8, 4) is 0 Å². The molecule has 1 N–H and O–H groups in total. The van der Waals surface area contributed by atoms with Crippen molar-refractivity contribution >= 4 is 0 Å². The lowest BCUT2D eigenvalue weighted by Gasteiger charge is -2.37. The number of ether oxygens (including phenoxy) is 2. The SMILES string of the molecule is CC1CC[C@@H](C(C)C)C(OCCOCCO)C1. The van der Waals surface area contributed by atoms with Gasteiger partial charge in [0.15, 0.2) is 0 Å². The Morgan fingerprint density at radius 1 is 1.18 bits per heavy atom. The van der Waals surface area contributed by atoms with E-state index in [1.54, 1.807) is 0 Å². The van der Waals surface area contributed by atoms with E-state index in [4.69, 9.17) is 14.6 Å². The molecule has 0 aromatic heterocycles. The van der Waals surface area contributed by atoms with Crippen molar-refractivity contribution in [1.29, 1.82) is 0 Å². The predicted octanol–water partition coefficient (Wildman–Crippen LogP) is 2.47. The van der Waals surface area contributed by atoms with Crippen molar-refractivity contribution in [3.63, 3.8) is 0 Å². The lowest BCUT2D eigenvalue weighted by atomic mass is 9.75. The number of aliphatic hydroxyl groups excluding tert-OH is 1. The van der Waals surface area contributed by atoms with Gasteiger partial charge in [0.25, 0.3) is 0 Å². The standard InChI is InChI=1S/C14H28O3/c1-11(2)13-5-4-12(3)10-14(13)17-9-8-16-7-6-15/h11-15H,4-10H2,1-3H3/t12?,13-,14?/m0/s1. The smallest absolute Gasteiger partial charge is 0.0704 e. The Morgan fingerprint density at radius 2 is 1.94 bits per heavy atom. The fraction of sp³-hybridized carbons (Fsp3) is 1.00. The van der Waals surface area contributed by atoms with Crippen LogP contribution in [0.4, 0.5) is 0 Å². The van der Waals surface area contributed by atoms with Crippen molar-refractivity contribution in [2.24, 2.45) is 17.8 Å². The zero-order chi connectivity index (χ0) is 12.7. The molecular formula is C14H28O3. The number of hydrogen-bond acceptors (Lipinski definition) is 3. The highest BCUT2D eigenvalue weighted by Gasteiger charge is 2.31. The second kappa shape index (κ2) is 8.06. The van der Waals surface area contributed by atoms with Crippen LogP contribution in [0.3, 0.4) is 0 Å². The van der Waals surface area contributed by atoms with Crippen molar-refractivity contribution in [2.75, 3.05) is 26.4 Å². The maximum absolute atomic E-state index is 8.60. The minimum atomic E-state index is 0.0923. The molecule has 17 heavy (non-hydrogen) atoms. The Balaban J connectivity index is 2.26. The molecule has 0 aliphatic heterocycles. The Kier molecular flexibility index (Phi) is 7.09. The maximum Gasteiger partial charge on any atom is 0.0704 e. The van der Waals surface area contributed by atoms with Crippen LogP contribution in [0.2, 0.25) is 0 Å². The molecule has 102 valence electrons. The van der Waals surface area contributed by atoms with Crippen molar-refractivity contribution in [1.82, 2.24) is 0 Å². The highest BCUT2D eigenvalue weighted by molar-refractivity contribution is 4.81. The molecule has 0 saturated heterocycles. The number of rotatable bonds is 7. The summed E-state index contributed by atoms with van der Waals surface area (Å²) in [4.78, 5) is 0. The first-order valence-corrected chi connectivity index (χ1v) is 6.95. The minimum absolute atomic E-state index is 0.0923. The molecule has 1 fully saturated rings. The Hall–Kier alpha value is -0.120. The van der Waals surface area contributed by atoms with Gasteiger partial charge in [-0.3, -0.25) is 0 Å². The highest BCUT2D eigenvalue weighted by Crippen LogP contribution is 2.35. The van der Waals surface area contributed by atoms with Crippen molar-refractivity contribution in [3.05, 3.63) is 0 Å². The van der Waals surface area contributed by atoms with Gasteiger partial charge in [0, 0.05) is 0 Å². The number of hydrogen-bond donors (Lipinski definition) is 1. The molecule has 3 nitrogen and oxygen atoms in total. The summed E-state index contributed by atoms with van der Waals surface area (Å²) < 4.78 is 11.2. The van der Waals surface area contributed by atoms with Crippen LogP contribution in [0.1, 0.15) is 40.0 Å². The average Bonchev–Trinajstić information content (AvgIpc) is 2.28. The summed E-state index contributed by atoms with van der Waals surface area (Å²) in [5.41, 5.74) is 0. The number of aliphatic hydroxyl groups is 1. The van der Waals surface area contributed by atoms with Gasteiger partial charge in [0.05, 0.1) is 32.5 Å². The maximum atomic E-state index is 8.60. The molecule has 2 unspecified atom stereocenters. The molecule has 0 aromatic carbocycles. The van der Waals surface area contributed by atoms with Crippen molar-refractivity contribution in [2.45, 2.75) is 46.1 Å². The summed E-state index contributed by atoms with van der Waals surface area (Å²) in [5, 5.41) is 8.60. The van der Waals surface area contributed by atoms with E-state index in [1.165, 1.54) is 19.3 Å². The summed E-state index contributed by atoms with van der Waals surface area (Å²) in [5.74, 6) is 2.18. The Bertz CT molecular complexity index is 194. The van der Waals surface area contributed by atoms with Crippen LogP contribution < -0.4 is 0 Å². The average molecular weight is 244 g/mol. The van der Waals surface area contributed by atoms with Gasteiger partial charge in [0.1, 0.15) is 0 Å². The first-order chi connectivity index (χ1) is 8.15. The summed E-state index contributed by atoms with van der Waals surface area (Å²) >= 11 is 0. The molecule has 1 aliphatic rings. The van der Waals surface area contributed by atoms with Gasteiger partial charge < -0.3 is 14.6 Å². The van der Waals surface area contributed by atoms with E-state index < -0.39 is 0 Å². The lowest BCUT2D eigenvalue weighted by molar-refractivity contribution is -0.0601. The minimum Gasteiger partial charge on any atom is -0.394 e. The van der Waals surface area contributed by atoms with Gasteiger partial charge in [0.2, 0.25) is 0 Å². The second-order valence-corrected chi connectivity index (χ2v) is 5.57. The summed E-state index contributed by atoms with van der Waals surface area (Å²) in [7, 11) is 0. The molecule has 1 saturated carbocycles. The van der Waals surface area contributed by atoms with Crippen LogP contribution in [-0.4, -0.2) is 37.6 Å². The van der Waals surface area contributed by atoms with Crippen LogP contribution in [0.5, 0.6) is 0 Å². The summed E-state index contributed by atoms with van der Waals surface area (Å²) in [6.07, 6.45) is 4.21. The van der Waals surface area contributed by atoms with Gasteiger partial charge in [-0.05, 0) is 30.6 Å². The third kappa shape index (κ3) is 5.36. The van der Waals surface area contributed by atoms with Gasteiger partial charge in [-0.25, -0.2) is 0 Å². The van der Waals surface area contributed by atoms with E-state index in [0.29, 0.717) is 37.8 Å². The fourth-order valence-corrected chi connectivity index (χ4v) is 2.73. The first-order valence-electron chi connectivity index (χ1n) is 6.95. The molecule has 0 bridgehead atoms. The zero-order valence-corrected chi connectivity index (χ0v) is 11.5. The van der Waals surface area contributed by atoms with E-state index in [9.17, 15) is 0 Å². The normalized spacial score (nSPS) is 29.8. The van der Waals surface area contributed by atoms with Crippen LogP contribution in [0, 0.1) is 17.8 Å². The topological polar surface area (TPSA) is 38.7 Å². The molecule has 0 aromatic rings. The van der Waals surface area contributed by atoms with Crippen LogP contribution in [0.15, 0.2) is 0 Å². The lowest BCUT2D eigenvalue weighted by Crippen LogP contribution is -2.35. The molecule has 3 atom stereocenters. The first kappa shape index (κ1) is 14.9. The van der Waals surface area contributed by atoms with Crippen LogP contribution >= 0.6 is 0 Å². The van der Waals surface area contributed by atoms with E-state index >= 15 is 0 Å². The largest absolute Gasteiger partial charge is 0.394 e. The third-order valence-corrected chi connectivity index (χ3v) is 3.76. The fourth-order valence-electron chi connectivity index (χ4n) is 2.73. The zero-order valence-electron chi connectivity index (χ0n) is 11.5. The molecule has 1 rings (SSSR count). The van der Waals surface area contributed by atoms with Gasteiger partial charge in [-0.15, -0.1) is 0 Å². The Labute approximate surface area is 105 Å². The second-order valence-electron chi connectivity index (χ2n) is 5.57. The van der Waals surface area contributed by atoms with E-state index in [2.05, 4.69) is 20.8 Å². The van der Waals surface area contributed by atoms with Gasteiger partial charge in [-0.2, -0.15) is 0 Å². The van der Waals surface area contributed by atoms with Crippen LogP contribution in [0.25, 0.3) is 0 Å². The molecule has 0 amide bonds. The molecular weight excluding hydrogens is 216 g/mol. The summed E-state index contributed by atoms with van der Waals surface area (Å²) in [6.45, 7) is 8.65. The Morgan fingerprint density at radius 3 is 2.59 bits per heavy atom. The molecule has 0 spiro atoms. The molecule has 0 heterocycles. The molecule has 0 radical (unpaired) electrons. The monoisotopic (exact) mass is 244 g/mol. The molecule has 3 heteroatoms. The highest BCUT2D eigenvalue weighted by atomic mass is 16.5. The summed E-state index contributed by atoms with van der Waals surface area (Å²) in [6, 6.07) is 0. The van der Waals surface area contributed by atoms with Crippen molar-refractivity contribution < 1.29 is 14.6 Å². The van der Waals surface area contributed by atoms with E-state index in [0.717, 1.165) is 5.92 Å². The van der Waals surface area contributed by atoms with Gasteiger partial charge >= 0.3 is 0 Å². The van der Waals surface area contributed by atoms with E-state index in [-0.39, 0.29) is 6.61 Å². The van der Waals surface area contributed by atoms with Crippen LogP contribution in [-0.2, 0) is 9.47 Å². The predicted molar refractivity (Wildman–Crippen MR) is 69.0 cm³/mol. The van der Waals surface area contributed by atoms with E-state index in [1.807, 2.05) is 0 Å². The quantitative estimate of drug-likeness (QED) is 0.699. The van der Waals surface area contributed by atoms with Gasteiger partial charge in [-0.1, -0.05) is 27.2 Å².